The maximum atomic E-state index is 14.3. The molecule has 4 atom stereocenters. The molecule has 0 saturated heterocycles. The van der Waals surface area contributed by atoms with Gasteiger partial charge in [-0.25, -0.2) is 22.3 Å². The van der Waals surface area contributed by atoms with Crippen LogP contribution >= 0.6 is 0 Å². The summed E-state index contributed by atoms with van der Waals surface area (Å²) < 4.78 is 224. The second-order valence-electron chi connectivity index (χ2n) is 15.9. The van der Waals surface area contributed by atoms with Gasteiger partial charge in [0.15, 0.2) is 31.0 Å². The van der Waals surface area contributed by atoms with Crippen LogP contribution in [0.15, 0.2) is 79.4 Å². The van der Waals surface area contributed by atoms with E-state index in [0.29, 0.717) is 18.9 Å². The molecule has 0 fully saturated rings. The van der Waals surface area contributed by atoms with E-state index in [1.807, 2.05) is 47.3 Å². The monoisotopic (exact) mass is 934 g/mol. The summed E-state index contributed by atoms with van der Waals surface area (Å²) in [5, 5.41) is 0. The maximum Gasteiger partial charge on any atom is 0.384 e. The Kier molecular flexibility index (Phi) is 21.2. The molecule has 0 N–H and O–H groups in total. The van der Waals surface area contributed by atoms with Crippen LogP contribution < -0.4 is 9.13 Å². The number of nitrogens with zero attached hydrogens (tertiary/aromatic N) is 2. The smallest absolute Gasteiger partial charge is 0.241 e. The molecule has 0 radical (unpaired) electrons. The van der Waals surface area contributed by atoms with Crippen molar-refractivity contribution in [3.05, 3.63) is 96.1 Å². The van der Waals surface area contributed by atoms with Crippen LogP contribution in [0.1, 0.15) is 132 Å². The molecule has 0 aliphatic heterocycles. The third-order valence-electron chi connectivity index (χ3n) is 11.4. The zero-order valence-electron chi connectivity index (χ0n) is 35.1. The summed E-state index contributed by atoms with van der Waals surface area (Å²) >= 11 is 0. The van der Waals surface area contributed by atoms with Crippen LogP contribution in [0.3, 0.4) is 0 Å². The molecule has 2 heterocycles. The van der Waals surface area contributed by atoms with Gasteiger partial charge in [0.25, 0.3) is 0 Å². The van der Waals surface area contributed by atoms with Crippen molar-refractivity contribution < 1.29 is 84.1 Å². The topological polar surface area (TPSA) is 7.76 Å². The number of aromatic nitrogens is 2. The maximum absolute atomic E-state index is 14.3. The number of aryl methyl sites for hydroxylation is 2. The van der Waals surface area contributed by atoms with Gasteiger partial charge in [-0.1, -0.05) is 76.8 Å². The molecule has 1 aromatic carbocycles. The van der Waals surface area contributed by atoms with Gasteiger partial charge in [-0.05, 0) is 73.0 Å². The van der Waals surface area contributed by atoms with E-state index < -0.39 is 61.0 Å². The molecule has 0 amide bonds. The minimum atomic E-state index is -8.17. The molecule has 19 heteroatoms. The van der Waals surface area contributed by atoms with Gasteiger partial charge in [-0.3, -0.25) is 0 Å². The highest BCUT2D eigenvalue weighted by atomic mass is 20.0. The van der Waals surface area contributed by atoms with Crippen molar-refractivity contribution in [3.63, 3.8) is 0 Å². The number of benzene rings is 1. The molecule has 358 valence electrons. The average Bonchev–Trinajstić information content (AvgIpc) is 3.25. The molecule has 63 heavy (non-hydrogen) atoms. The predicted molar refractivity (Wildman–Crippen MR) is 203 cm³/mol. The minimum Gasteiger partial charge on any atom is -0.241 e. The van der Waals surface area contributed by atoms with E-state index >= 15 is 0 Å². The van der Waals surface area contributed by atoms with E-state index in [9.17, 15) is 65.9 Å². The number of alkyl halides is 15. The first kappa shape index (κ1) is 55.5. The summed E-state index contributed by atoms with van der Waals surface area (Å²) in [6.45, 7) is 7.87. The first-order valence-electron chi connectivity index (χ1n) is 20.8. The molecule has 0 saturated carbocycles. The number of hydrogen-bond donors (Lipinski definition) is 0. The van der Waals surface area contributed by atoms with Gasteiger partial charge in [-0.15, -0.1) is 0 Å². The first-order valence-corrected chi connectivity index (χ1v) is 20.8. The Hall–Kier alpha value is -3.67. The molecule has 0 aliphatic carbocycles. The number of halogens is 17. The van der Waals surface area contributed by atoms with Crippen LogP contribution in [0.5, 0.6) is 0 Å². The van der Waals surface area contributed by atoms with Crippen LogP contribution in [0.2, 0.25) is 0 Å². The number of hydrogen-bond acceptors (Lipinski definition) is 0. The van der Waals surface area contributed by atoms with E-state index in [1.165, 1.54) is 30.4 Å². The van der Waals surface area contributed by atoms with E-state index in [-0.39, 0.29) is 24.7 Å². The highest BCUT2D eigenvalue weighted by Gasteiger charge is 2.91. The molecule has 0 spiro atoms. The second-order valence-corrected chi connectivity index (χ2v) is 15.9. The predicted octanol–water partition coefficient (Wildman–Crippen LogP) is 14.9. The molecule has 4 unspecified atom stereocenters. The fourth-order valence-electron chi connectivity index (χ4n) is 7.40. The van der Waals surface area contributed by atoms with Crippen molar-refractivity contribution in [2.45, 2.75) is 177 Å². The Balaban J connectivity index is 0.00000672. The van der Waals surface area contributed by atoms with Crippen LogP contribution in [0.4, 0.5) is 75.0 Å². The lowest BCUT2D eigenvalue weighted by Gasteiger charge is -2.41. The lowest BCUT2D eigenvalue weighted by molar-refractivity contribution is -0.697. The standard InChI is InChI=1S/C44H55F15N2.F2/c1-4-6-7-14-23-60-25-19-33(20-26-60)31(3)29-36(30-32(5-2)34-16-11-10-12-17-34)35-21-27-61(28-22-35)24-15-9-8-13-18-37(45)39(48,49)41(52,53)43(56,57)44(58,59)42(54,55)40(50,51)38(46)47;1-2/h10-12,16-17,19-22,25-28,31-32,36-38H,4-9,13-15,18,23-24,29-30H2,1-3H3;/q+2;. The van der Waals surface area contributed by atoms with Gasteiger partial charge in [0, 0.05) is 46.3 Å². The summed E-state index contributed by atoms with van der Waals surface area (Å²) in [6, 6.07) is 18.6. The Morgan fingerprint density at radius 1 is 0.476 bits per heavy atom. The molecule has 0 aliphatic rings. The van der Waals surface area contributed by atoms with Crippen molar-refractivity contribution >= 4 is 0 Å². The van der Waals surface area contributed by atoms with Crippen molar-refractivity contribution in [2.75, 3.05) is 0 Å². The fraction of sp³-hybridized carbons (Fsp3) is 0.636. The van der Waals surface area contributed by atoms with Crippen molar-refractivity contribution in [3.8, 4) is 0 Å². The lowest BCUT2D eigenvalue weighted by Crippen LogP contribution is -2.72. The van der Waals surface area contributed by atoms with Crippen LogP contribution in [-0.4, -0.2) is 48.1 Å². The van der Waals surface area contributed by atoms with Gasteiger partial charge in [-0.2, -0.15) is 52.7 Å². The molecule has 0 bridgehead atoms. The molecule has 3 rings (SSSR count). The third-order valence-corrected chi connectivity index (χ3v) is 11.4. The van der Waals surface area contributed by atoms with E-state index in [4.69, 9.17) is 9.15 Å². The van der Waals surface area contributed by atoms with Crippen LogP contribution in [-0.2, 0) is 13.1 Å². The number of rotatable bonds is 27. The second kappa shape index (κ2) is 24.0. The van der Waals surface area contributed by atoms with Crippen molar-refractivity contribution in [1.29, 1.82) is 0 Å². The SMILES string of the molecule is CCCCCC[n+]1ccc(C(C)CC(CC(CC)c2ccccc2)c2cc[n+](CCCCCCC(F)C(F)(F)C(F)(F)C(F)(F)C(F)(F)C(F)(F)C(F)(F)C(F)F)cc2)cc1.FF. The zero-order chi connectivity index (χ0) is 47.9. The van der Waals surface area contributed by atoms with E-state index in [0.717, 1.165) is 37.8 Å². The van der Waals surface area contributed by atoms with Gasteiger partial charge in [0.05, 0.1) is 0 Å². The largest absolute Gasteiger partial charge is 0.384 e. The number of unbranched alkanes of at least 4 members (excludes halogenated alkanes) is 6. The van der Waals surface area contributed by atoms with E-state index in [2.05, 4.69) is 62.0 Å². The summed E-state index contributed by atoms with van der Waals surface area (Å²) in [4.78, 5) is 0. The molecule has 2 nitrogen and oxygen atoms in total. The highest BCUT2D eigenvalue weighted by molar-refractivity contribution is 5.23. The minimum absolute atomic E-state index is 0.137. The first-order chi connectivity index (χ1) is 29.4. The summed E-state index contributed by atoms with van der Waals surface area (Å²) in [7, 11) is 0. The summed E-state index contributed by atoms with van der Waals surface area (Å²) in [5.41, 5.74) is 3.58. The Bertz CT molecular complexity index is 1720. The Labute approximate surface area is 356 Å². The van der Waals surface area contributed by atoms with Gasteiger partial charge >= 0.3 is 42.0 Å². The van der Waals surface area contributed by atoms with E-state index in [1.54, 1.807) is 0 Å². The van der Waals surface area contributed by atoms with Gasteiger partial charge in [0.2, 0.25) is 0 Å². The van der Waals surface area contributed by atoms with Gasteiger partial charge < -0.3 is 0 Å². The van der Waals surface area contributed by atoms with Crippen LogP contribution in [0, 0.1) is 0 Å². The third kappa shape index (κ3) is 13.2. The Morgan fingerprint density at radius 2 is 0.905 bits per heavy atom. The number of pyridine rings is 2. The molecular formula is C44H55F17N2+2. The molecular weight excluding hydrogens is 879 g/mol. The molecule has 3 aromatic rings. The zero-order valence-corrected chi connectivity index (χ0v) is 35.1. The highest BCUT2D eigenvalue weighted by Crippen LogP contribution is 2.61. The fourth-order valence-corrected chi connectivity index (χ4v) is 7.40. The van der Waals surface area contributed by atoms with Crippen LogP contribution in [0.25, 0.3) is 0 Å². The molecule has 2 aromatic heterocycles. The normalized spacial score (nSPS) is 15.1. The summed E-state index contributed by atoms with van der Waals surface area (Å²) in [5.74, 6) is -45.3. The quantitative estimate of drug-likeness (QED) is 0.0409. The van der Waals surface area contributed by atoms with Crippen molar-refractivity contribution in [2.24, 2.45) is 0 Å². The Morgan fingerprint density at radius 3 is 1.37 bits per heavy atom. The lowest BCUT2D eigenvalue weighted by atomic mass is 9.78. The van der Waals surface area contributed by atoms with Crippen molar-refractivity contribution in [1.82, 2.24) is 0 Å². The summed E-state index contributed by atoms with van der Waals surface area (Å²) in [6.07, 6.45) is 3.34. The van der Waals surface area contributed by atoms with Gasteiger partial charge in [0.1, 0.15) is 13.1 Å². The average molecular weight is 935 g/mol.